The minimum atomic E-state index is 1.32. The van der Waals surface area contributed by atoms with Crippen LogP contribution in [0.3, 0.4) is 0 Å². The van der Waals surface area contributed by atoms with Crippen molar-refractivity contribution in [3.8, 4) is 6.19 Å². The molecule has 3 heteroatoms. The van der Waals surface area contributed by atoms with Gasteiger partial charge in [0.1, 0.15) is 6.54 Å². The summed E-state index contributed by atoms with van der Waals surface area (Å²) in [6, 6.07) is 0. The third-order valence-electron chi connectivity index (χ3n) is 0.517. The Labute approximate surface area is 46.5 Å². The molecule has 7 heavy (non-hydrogen) atoms. The molecule has 1 aliphatic rings. The zero-order chi connectivity index (χ0) is 5.11. The van der Waals surface area contributed by atoms with E-state index in [1.165, 1.54) is 16.3 Å². The van der Waals surface area contributed by atoms with Crippen LogP contribution < -0.4 is 0 Å². The maximum Gasteiger partial charge on any atom is 0.191 e. The van der Waals surface area contributed by atoms with Crippen molar-refractivity contribution in [3.05, 3.63) is 18.0 Å². The standard InChI is InChI=1S/C4H2N2S/c5-4-6-2-1-3-7-6/h1,3H. The summed E-state index contributed by atoms with van der Waals surface area (Å²) in [6.45, 7) is 2.66. The lowest BCUT2D eigenvalue weighted by molar-refractivity contribution is 0.830. The summed E-state index contributed by atoms with van der Waals surface area (Å²) in [5.41, 5.74) is 0. The Kier molecular flexibility index (Phi) is 1.23. The summed E-state index contributed by atoms with van der Waals surface area (Å²) in [5.74, 6) is 0. The molecule has 0 amide bonds. The minimum absolute atomic E-state index is 1.32. The fourth-order valence-electron chi connectivity index (χ4n) is 0.272. The topological polar surface area (TPSA) is 27.0 Å². The van der Waals surface area contributed by atoms with Crippen LogP contribution in [-0.4, -0.2) is 4.31 Å². The summed E-state index contributed by atoms with van der Waals surface area (Å²) in [5, 5.41) is 9.91. The molecule has 0 aliphatic carbocycles. The number of nitriles is 1. The lowest BCUT2D eigenvalue weighted by atomic mass is 10.6. The summed E-state index contributed by atoms with van der Waals surface area (Å²) in [7, 11) is 0. The van der Waals surface area contributed by atoms with Gasteiger partial charge in [0, 0.05) is 0 Å². The van der Waals surface area contributed by atoms with Gasteiger partial charge >= 0.3 is 0 Å². The van der Waals surface area contributed by atoms with Crippen LogP contribution in [0, 0.1) is 18.0 Å². The van der Waals surface area contributed by atoms with Crippen LogP contribution in [0.1, 0.15) is 0 Å². The maximum absolute atomic E-state index is 8.12. The highest BCUT2D eigenvalue weighted by Gasteiger charge is 2.02. The third kappa shape index (κ3) is 0.875. The predicted octanol–water partition coefficient (Wildman–Crippen LogP) is 0.984. The van der Waals surface area contributed by atoms with Gasteiger partial charge in [-0.3, -0.25) is 0 Å². The van der Waals surface area contributed by atoms with Gasteiger partial charge in [-0.1, -0.05) is 0 Å². The Balaban J connectivity index is 2.39. The summed E-state index contributed by atoms with van der Waals surface area (Å²) in [4.78, 5) is 0. The molecule has 0 fully saturated rings. The number of hydrogen-bond acceptors (Lipinski definition) is 3. The van der Waals surface area contributed by atoms with Crippen molar-refractivity contribution >= 4 is 11.9 Å². The quantitative estimate of drug-likeness (QED) is 0.343. The van der Waals surface area contributed by atoms with E-state index in [9.17, 15) is 0 Å². The first-order chi connectivity index (χ1) is 3.43. The van der Waals surface area contributed by atoms with E-state index in [-0.39, 0.29) is 0 Å². The van der Waals surface area contributed by atoms with E-state index in [1.807, 2.05) is 6.19 Å². The highest BCUT2D eigenvalue weighted by molar-refractivity contribution is 8.00. The molecular weight excluding hydrogens is 108 g/mol. The van der Waals surface area contributed by atoms with Gasteiger partial charge < -0.3 is 0 Å². The summed E-state index contributed by atoms with van der Waals surface area (Å²) < 4.78 is 1.35. The molecule has 0 aromatic heterocycles. The molecule has 0 atom stereocenters. The van der Waals surface area contributed by atoms with E-state index in [0.717, 1.165) is 0 Å². The molecule has 1 aliphatic heterocycles. The summed E-state index contributed by atoms with van der Waals surface area (Å²) in [6.07, 6.45) is 3.59. The molecule has 2 nitrogen and oxygen atoms in total. The number of hydrogen-bond donors (Lipinski definition) is 0. The Morgan fingerprint density at radius 3 is 3.00 bits per heavy atom. The normalized spacial score (nSPS) is 17.3. The Morgan fingerprint density at radius 2 is 2.71 bits per heavy atom. The number of nitrogens with zero attached hydrogens (tertiary/aromatic N) is 2. The Bertz CT molecular complexity index is 116. The molecule has 2 radical (unpaired) electrons. The first-order valence-electron chi connectivity index (χ1n) is 1.71. The van der Waals surface area contributed by atoms with Crippen LogP contribution in [-0.2, 0) is 0 Å². The fraction of sp³-hybridized carbons (Fsp3) is 0. The molecule has 0 aromatic carbocycles. The smallest absolute Gasteiger partial charge is 0.191 e. The van der Waals surface area contributed by atoms with Crippen molar-refractivity contribution in [1.82, 2.24) is 4.31 Å². The molecular formula is C4H2N2S. The molecule has 0 N–H and O–H groups in total. The van der Waals surface area contributed by atoms with Crippen molar-refractivity contribution in [1.29, 1.82) is 5.26 Å². The maximum atomic E-state index is 8.12. The fourth-order valence-corrected chi connectivity index (χ4v) is 0.685. The average Bonchev–Trinajstić information content (AvgIpc) is 2.14. The van der Waals surface area contributed by atoms with Crippen molar-refractivity contribution in [2.24, 2.45) is 0 Å². The van der Waals surface area contributed by atoms with Crippen LogP contribution >= 0.6 is 11.9 Å². The average molecular weight is 110 g/mol. The van der Waals surface area contributed by atoms with Crippen LogP contribution in [0.15, 0.2) is 11.5 Å². The summed E-state index contributed by atoms with van der Waals surface area (Å²) >= 11 is 1.32. The minimum Gasteiger partial charge on any atom is -0.233 e. The van der Waals surface area contributed by atoms with E-state index in [1.54, 1.807) is 11.5 Å². The van der Waals surface area contributed by atoms with Crippen LogP contribution in [0.5, 0.6) is 0 Å². The molecule has 34 valence electrons. The van der Waals surface area contributed by atoms with E-state index in [4.69, 9.17) is 5.26 Å². The van der Waals surface area contributed by atoms with Crippen LogP contribution in [0.25, 0.3) is 0 Å². The van der Waals surface area contributed by atoms with E-state index in [2.05, 4.69) is 6.54 Å². The van der Waals surface area contributed by atoms with Crippen molar-refractivity contribution in [3.63, 3.8) is 0 Å². The molecule has 1 heterocycles. The van der Waals surface area contributed by atoms with Gasteiger partial charge in [0.05, 0.1) is 0 Å². The van der Waals surface area contributed by atoms with Gasteiger partial charge in [0.2, 0.25) is 0 Å². The third-order valence-corrected chi connectivity index (χ3v) is 1.17. The molecule has 0 unspecified atom stereocenters. The second-order valence-electron chi connectivity index (χ2n) is 0.932. The second kappa shape index (κ2) is 1.90. The first kappa shape index (κ1) is 4.54. The Hall–Kier alpha value is -0.620. The molecule has 0 saturated heterocycles. The lowest BCUT2D eigenvalue weighted by Gasteiger charge is -1.96. The molecule has 0 saturated carbocycles. The second-order valence-corrected chi connectivity index (χ2v) is 1.78. The Morgan fingerprint density at radius 1 is 1.86 bits per heavy atom. The van der Waals surface area contributed by atoms with E-state index >= 15 is 0 Å². The van der Waals surface area contributed by atoms with Crippen molar-refractivity contribution in [2.45, 2.75) is 0 Å². The highest BCUT2D eigenvalue weighted by Crippen LogP contribution is 2.18. The van der Waals surface area contributed by atoms with Crippen molar-refractivity contribution < 1.29 is 0 Å². The SMILES string of the molecule is N#CN1[C]C=CS1. The van der Waals surface area contributed by atoms with Gasteiger partial charge in [-0.25, -0.2) is 4.31 Å². The van der Waals surface area contributed by atoms with Gasteiger partial charge in [-0.2, -0.15) is 5.26 Å². The van der Waals surface area contributed by atoms with Crippen LogP contribution in [0.2, 0.25) is 0 Å². The van der Waals surface area contributed by atoms with Gasteiger partial charge in [0.25, 0.3) is 0 Å². The first-order valence-corrected chi connectivity index (χ1v) is 2.55. The highest BCUT2D eigenvalue weighted by atomic mass is 32.2. The predicted molar refractivity (Wildman–Crippen MR) is 27.4 cm³/mol. The van der Waals surface area contributed by atoms with Gasteiger partial charge in [0.15, 0.2) is 6.19 Å². The van der Waals surface area contributed by atoms with E-state index in [0.29, 0.717) is 0 Å². The molecule has 0 spiro atoms. The van der Waals surface area contributed by atoms with Gasteiger partial charge in [-0.05, 0) is 23.4 Å². The zero-order valence-electron chi connectivity index (χ0n) is 3.46. The zero-order valence-corrected chi connectivity index (χ0v) is 4.27. The monoisotopic (exact) mass is 110 g/mol. The van der Waals surface area contributed by atoms with Crippen molar-refractivity contribution in [2.75, 3.05) is 0 Å². The number of rotatable bonds is 0. The largest absolute Gasteiger partial charge is 0.233 e. The molecule has 0 aromatic rings. The molecule has 0 bridgehead atoms. The molecule has 1 rings (SSSR count). The van der Waals surface area contributed by atoms with Gasteiger partial charge in [-0.15, -0.1) is 0 Å². The van der Waals surface area contributed by atoms with E-state index < -0.39 is 0 Å². The van der Waals surface area contributed by atoms with Crippen LogP contribution in [0.4, 0.5) is 0 Å². The lowest BCUT2D eigenvalue weighted by Crippen LogP contribution is -1.94.